The minimum atomic E-state index is -0.680. The summed E-state index contributed by atoms with van der Waals surface area (Å²) in [6.45, 7) is 7.78. The lowest BCUT2D eigenvalue weighted by molar-refractivity contribution is -0.119. The minimum Gasteiger partial charge on any atom is -0.452 e. The Morgan fingerprint density at radius 3 is 1.81 bits per heavy atom. The highest BCUT2D eigenvalue weighted by Crippen LogP contribution is 2.32. The van der Waals surface area contributed by atoms with Crippen LogP contribution >= 0.6 is 0 Å². The van der Waals surface area contributed by atoms with E-state index in [0.717, 1.165) is 21.7 Å². The first-order valence-electron chi connectivity index (χ1n) is 11.9. The minimum absolute atomic E-state index is 0.202. The van der Waals surface area contributed by atoms with Gasteiger partial charge < -0.3 is 10.1 Å². The van der Waals surface area contributed by atoms with Crippen LogP contribution in [0.1, 0.15) is 81.7 Å². The van der Waals surface area contributed by atoms with Gasteiger partial charge >= 0.3 is 5.97 Å². The van der Waals surface area contributed by atoms with E-state index in [1.165, 1.54) is 24.3 Å². The average molecular weight is 485 g/mol. The van der Waals surface area contributed by atoms with Gasteiger partial charge in [-0.15, -0.1) is 0 Å². The number of hydrogen-bond acceptors (Lipinski definition) is 5. The molecule has 4 rings (SSSR count). The molecule has 0 fully saturated rings. The third-order valence-electron chi connectivity index (χ3n) is 6.13. The number of rotatable bonds is 7. The maximum atomic E-state index is 12.7. The summed E-state index contributed by atoms with van der Waals surface area (Å²) in [5, 5.41) is 2.92. The van der Waals surface area contributed by atoms with Gasteiger partial charge in [-0.05, 0) is 59.4 Å². The van der Waals surface area contributed by atoms with Gasteiger partial charge in [-0.3, -0.25) is 14.4 Å². The number of ether oxygens (including phenoxy) is 1. The fourth-order valence-electron chi connectivity index (χ4n) is 4.26. The maximum absolute atomic E-state index is 12.7. The van der Waals surface area contributed by atoms with Gasteiger partial charge in [0, 0.05) is 5.69 Å². The van der Waals surface area contributed by atoms with Crippen LogP contribution in [0.25, 0.3) is 0 Å². The molecule has 1 heterocycles. The number of hydrogen-bond donors (Lipinski definition) is 1. The third-order valence-corrected chi connectivity index (χ3v) is 6.13. The normalized spacial score (nSPS) is 12.8. The van der Waals surface area contributed by atoms with E-state index in [4.69, 9.17) is 4.74 Å². The van der Waals surface area contributed by atoms with Crippen molar-refractivity contribution in [2.24, 2.45) is 0 Å². The van der Waals surface area contributed by atoms with Crippen LogP contribution < -0.4 is 10.2 Å². The third kappa shape index (κ3) is 4.77. The number of imide groups is 1. The molecule has 3 amide bonds. The lowest BCUT2D eigenvalue weighted by atomic mass is 9.92. The molecule has 0 spiro atoms. The van der Waals surface area contributed by atoms with E-state index in [0.29, 0.717) is 16.8 Å². The predicted octanol–water partition coefficient (Wildman–Crippen LogP) is 5.53. The summed E-state index contributed by atoms with van der Waals surface area (Å²) in [5.41, 5.74) is 4.03. The van der Waals surface area contributed by atoms with Gasteiger partial charge in [0.05, 0.1) is 22.4 Å². The number of benzene rings is 3. The molecule has 184 valence electrons. The zero-order valence-corrected chi connectivity index (χ0v) is 20.7. The molecule has 1 aliphatic rings. The standard InChI is InChI=1S/C29H28N2O5/c1-17(2)21-10-7-11-22(18(3)4)26(21)30-25(32)16-36-29(35)19-12-14-20(15-13-19)31-27(33)23-8-5-6-9-24(23)28(31)34/h5-15,17-18H,16H2,1-4H3,(H,30,32). The first-order valence-corrected chi connectivity index (χ1v) is 11.9. The fourth-order valence-corrected chi connectivity index (χ4v) is 4.26. The monoisotopic (exact) mass is 484 g/mol. The molecule has 1 N–H and O–H groups in total. The van der Waals surface area contributed by atoms with Crippen molar-refractivity contribution in [3.05, 3.63) is 94.5 Å². The highest BCUT2D eigenvalue weighted by atomic mass is 16.5. The van der Waals surface area contributed by atoms with Crippen LogP contribution in [-0.4, -0.2) is 30.3 Å². The van der Waals surface area contributed by atoms with E-state index in [1.807, 2.05) is 18.2 Å². The van der Waals surface area contributed by atoms with Gasteiger partial charge in [-0.1, -0.05) is 58.0 Å². The first-order chi connectivity index (χ1) is 17.2. The Morgan fingerprint density at radius 1 is 0.778 bits per heavy atom. The van der Waals surface area contributed by atoms with Crippen molar-refractivity contribution in [1.29, 1.82) is 0 Å². The molecule has 7 nitrogen and oxygen atoms in total. The Balaban J connectivity index is 1.41. The lowest BCUT2D eigenvalue weighted by Gasteiger charge is -2.20. The van der Waals surface area contributed by atoms with Crippen LogP contribution in [0.2, 0.25) is 0 Å². The van der Waals surface area contributed by atoms with Crippen LogP contribution in [0.5, 0.6) is 0 Å². The second kappa shape index (κ2) is 10.2. The topological polar surface area (TPSA) is 92.8 Å². The van der Waals surface area contributed by atoms with E-state index in [9.17, 15) is 19.2 Å². The summed E-state index contributed by atoms with van der Waals surface area (Å²) in [7, 11) is 0. The van der Waals surface area contributed by atoms with Crippen LogP contribution in [0.3, 0.4) is 0 Å². The molecule has 36 heavy (non-hydrogen) atoms. The smallest absolute Gasteiger partial charge is 0.338 e. The maximum Gasteiger partial charge on any atom is 0.338 e. The summed E-state index contributed by atoms with van der Waals surface area (Å²) in [6, 6.07) is 18.5. The van der Waals surface area contributed by atoms with Crippen molar-refractivity contribution in [2.45, 2.75) is 39.5 Å². The molecule has 0 bridgehead atoms. The number of carbonyl (C=O) groups excluding carboxylic acids is 4. The summed E-state index contributed by atoms with van der Waals surface area (Å²) in [5.74, 6) is -1.51. The molecule has 0 aromatic heterocycles. The van der Waals surface area contributed by atoms with Crippen LogP contribution in [-0.2, 0) is 9.53 Å². The van der Waals surface area contributed by atoms with Crippen molar-refractivity contribution < 1.29 is 23.9 Å². The van der Waals surface area contributed by atoms with Gasteiger partial charge in [0.1, 0.15) is 0 Å². The molecular formula is C29H28N2O5. The molecule has 0 unspecified atom stereocenters. The Bertz CT molecular complexity index is 1280. The van der Waals surface area contributed by atoms with Crippen molar-refractivity contribution in [1.82, 2.24) is 0 Å². The zero-order valence-electron chi connectivity index (χ0n) is 20.7. The number of nitrogens with one attached hydrogen (secondary N) is 1. The number of fused-ring (bicyclic) bond motifs is 1. The van der Waals surface area contributed by atoms with Gasteiger partial charge in [0.15, 0.2) is 6.61 Å². The highest BCUT2D eigenvalue weighted by Gasteiger charge is 2.36. The fraction of sp³-hybridized carbons (Fsp3) is 0.241. The second-order valence-electron chi connectivity index (χ2n) is 9.28. The van der Waals surface area contributed by atoms with Gasteiger partial charge in [-0.2, -0.15) is 0 Å². The van der Waals surface area contributed by atoms with Crippen molar-refractivity contribution in [3.8, 4) is 0 Å². The number of nitrogens with zero attached hydrogens (tertiary/aromatic N) is 1. The molecule has 0 atom stereocenters. The Kier molecular flexibility index (Phi) is 7.01. The zero-order chi connectivity index (χ0) is 26.0. The van der Waals surface area contributed by atoms with E-state index < -0.39 is 30.3 Å². The first kappa shape index (κ1) is 24.9. The Hall–Kier alpha value is -4.26. The molecule has 3 aromatic rings. The summed E-state index contributed by atoms with van der Waals surface area (Å²) in [6.07, 6.45) is 0. The Morgan fingerprint density at radius 2 is 1.31 bits per heavy atom. The molecule has 0 aliphatic carbocycles. The molecular weight excluding hydrogens is 456 g/mol. The van der Waals surface area contributed by atoms with E-state index in [2.05, 4.69) is 33.0 Å². The molecule has 0 saturated heterocycles. The molecule has 0 radical (unpaired) electrons. The molecule has 7 heteroatoms. The SMILES string of the molecule is CC(C)c1cccc(C(C)C)c1NC(=O)COC(=O)c1ccc(N2C(=O)c3ccccc3C2=O)cc1. The summed E-state index contributed by atoms with van der Waals surface area (Å²) < 4.78 is 5.22. The van der Waals surface area contributed by atoms with Crippen LogP contribution in [0, 0.1) is 0 Å². The van der Waals surface area contributed by atoms with E-state index >= 15 is 0 Å². The number of anilines is 2. The number of esters is 1. The number of amides is 3. The number of carbonyl (C=O) groups is 4. The highest BCUT2D eigenvalue weighted by molar-refractivity contribution is 6.34. The van der Waals surface area contributed by atoms with E-state index in [-0.39, 0.29) is 17.4 Å². The van der Waals surface area contributed by atoms with E-state index in [1.54, 1.807) is 24.3 Å². The quantitative estimate of drug-likeness (QED) is 0.352. The second-order valence-corrected chi connectivity index (χ2v) is 9.28. The van der Waals surface area contributed by atoms with Crippen molar-refractivity contribution in [3.63, 3.8) is 0 Å². The predicted molar refractivity (Wildman–Crippen MR) is 138 cm³/mol. The molecule has 1 aliphatic heterocycles. The summed E-state index contributed by atoms with van der Waals surface area (Å²) in [4.78, 5) is 51.6. The number of para-hydroxylation sites is 1. The van der Waals surface area contributed by atoms with Gasteiger partial charge in [-0.25, -0.2) is 9.69 Å². The van der Waals surface area contributed by atoms with Gasteiger partial charge in [0.2, 0.25) is 0 Å². The molecule has 3 aromatic carbocycles. The van der Waals surface area contributed by atoms with Crippen molar-refractivity contribution in [2.75, 3.05) is 16.8 Å². The van der Waals surface area contributed by atoms with Crippen LogP contribution in [0.4, 0.5) is 11.4 Å². The largest absolute Gasteiger partial charge is 0.452 e. The lowest BCUT2D eigenvalue weighted by Crippen LogP contribution is -2.29. The molecule has 0 saturated carbocycles. The average Bonchev–Trinajstić information content (AvgIpc) is 3.12. The van der Waals surface area contributed by atoms with Gasteiger partial charge in [0.25, 0.3) is 17.7 Å². The van der Waals surface area contributed by atoms with Crippen LogP contribution in [0.15, 0.2) is 66.7 Å². The summed E-state index contributed by atoms with van der Waals surface area (Å²) >= 11 is 0. The van der Waals surface area contributed by atoms with Crippen molar-refractivity contribution >= 4 is 35.1 Å². The Labute approximate surface area is 210 Å².